The summed E-state index contributed by atoms with van der Waals surface area (Å²) in [6.07, 6.45) is 1.49. The van der Waals surface area contributed by atoms with Crippen LogP contribution < -0.4 is 10.1 Å². The van der Waals surface area contributed by atoms with Crippen molar-refractivity contribution < 1.29 is 9.53 Å². The molecule has 1 aromatic carbocycles. The third-order valence-corrected chi connectivity index (χ3v) is 1.71. The predicted molar refractivity (Wildman–Crippen MR) is 59.9 cm³/mol. The zero-order chi connectivity index (χ0) is 11.1. The summed E-state index contributed by atoms with van der Waals surface area (Å²) >= 11 is 0. The lowest BCUT2D eigenvalue weighted by Gasteiger charge is -2.04. The van der Waals surface area contributed by atoms with Crippen molar-refractivity contribution >= 4 is 6.09 Å². The summed E-state index contributed by atoms with van der Waals surface area (Å²) in [6, 6.07) is 8.98. The highest BCUT2D eigenvalue weighted by Crippen LogP contribution is 2.07. The molecule has 0 aliphatic carbocycles. The van der Waals surface area contributed by atoms with Gasteiger partial charge in [0.25, 0.3) is 0 Å². The second-order valence-electron chi connectivity index (χ2n) is 3.36. The summed E-state index contributed by atoms with van der Waals surface area (Å²) in [7, 11) is 0. The first kappa shape index (κ1) is 11.3. The molecule has 0 aromatic heterocycles. The van der Waals surface area contributed by atoms with Crippen LogP contribution in [0.15, 0.2) is 42.0 Å². The maximum atomic E-state index is 11.2. The Hall–Kier alpha value is -1.77. The van der Waals surface area contributed by atoms with Crippen molar-refractivity contribution in [2.45, 2.75) is 13.8 Å². The second kappa shape index (κ2) is 5.86. The van der Waals surface area contributed by atoms with Crippen LogP contribution in [0.4, 0.5) is 4.79 Å². The van der Waals surface area contributed by atoms with Crippen molar-refractivity contribution in [1.82, 2.24) is 5.32 Å². The van der Waals surface area contributed by atoms with Crippen LogP contribution in [-0.2, 0) is 0 Å². The molecule has 0 bridgehead atoms. The van der Waals surface area contributed by atoms with Gasteiger partial charge < -0.3 is 10.1 Å². The van der Waals surface area contributed by atoms with Gasteiger partial charge in [-0.05, 0) is 26.0 Å². The molecule has 0 fully saturated rings. The summed E-state index contributed by atoms with van der Waals surface area (Å²) in [5.74, 6) is 0.548. The average Bonchev–Trinajstić information content (AvgIpc) is 2.18. The second-order valence-corrected chi connectivity index (χ2v) is 3.36. The van der Waals surface area contributed by atoms with E-state index < -0.39 is 6.09 Å². The summed E-state index contributed by atoms with van der Waals surface area (Å²) in [4.78, 5) is 11.2. The highest BCUT2D eigenvalue weighted by Gasteiger charge is 2.00. The summed E-state index contributed by atoms with van der Waals surface area (Å²) in [5, 5.41) is 2.62. The van der Waals surface area contributed by atoms with E-state index in [9.17, 15) is 4.79 Å². The largest absolute Gasteiger partial charge is 0.412 e. The maximum Gasteiger partial charge on any atom is 0.412 e. The monoisotopic (exact) mass is 205 g/mol. The number of carbonyl (C=O) groups is 1. The van der Waals surface area contributed by atoms with Crippen molar-refractivity contribution in [2.24, 2.45) is 0 Å². The van der Waals surface area contributed by atoms with Crippen LogP contribution in [0.25, 0.3) is 0 Å². The van der Waals surface area contributed by atoms with Crippen molar-refractivity contribution in [3.05, 3.63) is 42.0 Å². The zero-order valence-corrected chi connectivity index (χ0v) is 8.99. The number of ether oxygens (including phenoxy) is 1. The number of amides is 1. The maximum absolute atomic E-state index is 11.2. The molecule has 1 rings (SSSR count). The van der Waals surface area contributed by atoms with Gasteiger partial charge in [0.05, 0.1) is 0 Å². The number of hydrogen-bond donors (Lipinski definition) is 1. The molecule has 0 unspecified atom stereocenters. The Kier molecular flexibility index (Phi) is 4.41. The molecule has 0 saturated heterocycles. The molecular weight excluding hydrogens is 190 g/mol. The molecule has 0 heterocycles. The molecule has 15 heavy (non-hydrogen) atoms. The van der Waals surface area contributed by atoms with Crippen LogP contribution in [-0.4, -0.2) is 12.6 Å². The van der Waals surface area contributed by atoms with Crippen molar-refractivity contribution in [2.75, 3.05) is 6.54 Å². The molecule has 0 aliphatic rings. The third-order valence-electron chi connectivity index (χ3n) is 1.71. The van der Waals surface area contributed by atoms with Gasteiger partial charge >= 0.3 is 6.09 Å². The van der Waals surface area contributed by atoms with Crippen molar-refractivity contribution in [1.29, 1.82) is 0 Å². The van der Waals surface area contributed by atoms with Gasteiger partial charge in [-0.15, -0.1) is 0 Å². The Morgan fingerprint density at radius 1 is 1.33 bits per heavy atom. The van der Waals surface area contributed by atoms with Gasteiger partial charge in [-0.25, -0.2) is 4.79 Å². The lowest BCUT2D eigenvalue weighted by Crippen LogP contribution is -2.26. The Morgan fingerprint density at radius 2 is 2.00 bits per heavy atom. The first-order valence-electron chi connectivity index (χ1n) is 4.82. The van der Waals surface area contributed by atoms with Crippen LogP contribution in [0.2, 0.25) is 0 Å². The molecule has 3 heteroatoms. The molecule has 0 saturated carbocycles. The van der Waals surface area contributed by atoms with Crippen molar-refractivity contribution in [3.8, 4) is 5.75 Å². The number of carbonyl (C=O) groups excluding carboxylic acids is 1. The predicted octanol–water partition coefficient (Wildman–Crippen LogP) is 2.74. The van der Waals surface area contributed by atoms with Crippen LogP contribution >= 0.6 is 0 Å². The molecule has 0 radical (unpaired) electrons. The quantitative estimate of drug-likeness (QED) is 0.770. The Morgan fingerprint density at radius 3 is 2.60 bits per heavy atom. The number of rotatable bonds is 3. The van der Waals surface area contributed by atoms with E-state index in [1.807, 2.05) is 38.1 Å². The summed E-state index contributed by atoms with van der Waals surface area (Å²) in [6.45, 7) is 4.45. The molecule has 80 valence electrons. The minimum Gasteiger partial charge on any atom is -0.410 e. The Balaban J connectivity index is 2.34. The Labute approximate surface area is 89.8 Å². The fourth-order valence-corrected chi connectivity index (χ4v) is 0.970. The molecule has 0 atom stereocenters. The average molecular weight is 205 g/mol. The Bertz CT molecular complexity index is 340. The summed E-state index contributed by atoms with van der Waals surface area (Å²) in [5.41, 5.74) is 1.16. The summed E-state index contributed by atoms with van der Waals surface area (Å²) < 4.78 is 5.02. The van der Waals surface area contributed by atoms with Crippen molar-refractivity contribution in [3.63, 3.8) is 0 Å². The standard InChI is InChI=1S/C12H15NO2/c1-10(2)8-9-13-12(14)15-11-6-4-3-5-7-11/h3-8H,9H2,1-2H3,(H,13,14). The molecule has 1 aromatic rings. The van der Waals surface area contributed by atoms with Crippen LogP contribution in [0.1, 0.15) is 13.8 Å². The number of allylic oxidation sites excluding steroid dienone is 1. The van der Waals surface area contributed by atoms with Gasteiger partial charge in [0.15, 0.2) is 0 Å². The number of hydrogen-bond acceptors (Lipinski definition) is 2. The van der Waals surface area contributed by atoms with E-state index in [2.05, 4.69) is 5.32 Å². The zero-order valence-electron chi connectivity index (χ0n) is 8.99. The van der Waals surface area contributed by atoms with E-state index in [-0.39, 0.29) is 0 Å². The van der Waals surface area contributed by atoms with E-state index in [0.717, 1.165) is 5.57 Å². The topological polar surface area (TPSA) is 38.3 Å². The van der Waals surface area contributed by atoms with Gasteiger partial charge in [0.2, 0.25) is 0 Å². The third kappa shape index (κ3) is 4.86. The van der Waals surface area contributed by atoms with Crippen LogP contribution in [0, 0.1) is 0 Å². The van der Waals surface area contributed by atoms with Crippen LogP contribution in [0.5, 0.6) is 5.75 Å². The molecule has 3 nitrogen and oxygen atoms in total. The number of nitrogens with one attached hydrogen (secondary N) is 1. The minimum absolute atomic E-state index is 0.432. The molecular formula is C12H15NO2. The lowest BCUT2D eigenvalue weighted by molar-refractivity contribution is 0.201. The van der Waals surface area contributed by atoms with Gasteiger partial charge in [-0.3, -0.25) is 0 Å². The minimum atomic E-state index is -0.432. The van der Waals surface area contributed by atoms with E-state index in [4.69, 9.17) is 4.74 Å². The SMILES string of the molecule is CC(C)=CCNC(=O)Oc1ccccc1. The van der Waals surface area contributed by atoms with E-state index in [1.54, 1.807) is 12.1 Å². The molecule has 1 N–H and O–H groups in total. The first-order chi connectivity index (χ1) is 7.18. The van der Waals surface area contributed by atoms with Gasteiger partial charge in [-0.1, -0.05) is 29.8 Å². The van der Waals surface area contributed by atoms with Gasteiger partial charge in [0, 0.05) is 6.54 Å². The highest BCUT2D eigenvalue weighted by molar-refractivity contribution is 5.70. The smallest absolute Gasteiger partial charge is 0.410 e. The lowest BCUT2D eigenvalue weighted by atomic mass is 10.3. The van der Waals surface area contributed by atoms with E-state index >= 15 is 0 Å². The number of para-hydroxylation sites is 1. The molecule has 0 spiro atoms. The molecule has 1 amide bonds. The highest BCUT2D eigenvalue weighted by atomic mass is 16.5. The molecule has 0 aliphatic heterocycles. The number of benzene rings is 1. The van der Waals surface area contributed by atoms with Crippen LogP contribution in [0.3, 0.4) is 0 Å². The fourth-order valence-electron chi connectivity index (χ4n) is 0.970. The van der Waals surface area contributed by atoms with E-state index in [1.165, 1.54) is 0 Å². The van der Waals surface area contributed by atoms with Gasteiger partial charge in [0.1, 0.15) is 5.75 Å². The first-order valence-corrected chi connectivity index (χ1v) is 4.82. The fraction of sp³-hybridized carbons (Fsp3) is 0.250. The van der Waals surface area contributed by atoms with E-state index in [0.29, 0.717) is 12.3 Å². The van der Waals surface area contributed by atoms with Gasteiger partial charge in [-0.2, -0.15) is 0 Å². The normalized spacial score (nSPS) is 9.20.